The van der Waals surface area contributed by atoms with Crippen LogP contribution in [-0.2, 0) is 0 Å². The van der Waals surface area contributed by atoms with Crippen LogP contribution in [0.2, 0.25) is 5.02 Å². The van der Waals surface area contributed by atoms with E-state index in [4.69, 9.17) is 20.8 Å². The van der Waals surface area contributed by atoms with E-state index in [1.807, 2.05) is 12.1 Å². The summed E-state index contributed by atoms with van der Waals surface area (Å²) in [5.74, 6) is 2.35. The number of H-pyrrole nitrogens is 1. The van der Waals surface area contributed by atoms with E-state index in [0.717, 1.165) is 35.8 Å². The highest BCUT2D eigenvalue weighted by atomic mass is 35.5. The minimum atomic E-state index is 0.657. The van der Waals surface area contributed by atoms with Gasteiger partial charge in [-0.3, -0.25) is 0 Å². The standard InChI is InChI=1S/C17H20ClNO2/c1-20-15-11-14(16-13(18)9-10-19-16)21-17(15)12-7-5-3-2-4-6-8-12/h7,9-11,19H,2-6,8H2,1H3/b12-7+. The van der Waals surface area contributed by atoms with E-state index in [0.29, 0.717) is 5.02 Å². The van der Waals surface area contributed by atoms with Crippen molar-refractivity contribution >= 4 is 17.2 Å². The summed E-state index contributed by atoms with van der Waals surface area (Å²) in [6.45, 7) is 0. The summed E-state index contributed by atoms with van der Waals surface area (Å²) >= 11 is 6.17. The Hall–Kier alpha value is -1.61. The second-order valence-electron chi connectivity index (χ2n) is 5.39. The Labute approximate surface area is 129 Å². The van der Waals surface area contributed by atoms with Crippen LogP contribution < -0.4 is 4.74 Å². The monoisotopic (exact) mass is 305 g/mol. The Morgan fingerprint density at radius 3 is 2.86 bits per heavy atom. The molecule has 1 N–H and O–H groups in total. The SMILES string of the molecule is COc1cc(-c2[nH]ccc2Cl)oc1/C1=C/CCCCCC1. The average Bonchev–Trinajstić information content (AvgIpc) is 3.04. The number of rotatable bonds is 3. The van der Waals surface area contributed by atoms with Gasteiger partial charge in [0, 0.05) is 12.3 Å². The van der Waals surface area contributed by atoms with Gasteiger partial charge < -0.3 is 14.1 Å². The summed E-state index contributed by atoms with van der Waals surface area (Å²) in [5, 5.41) is 0.657. The maximum atomic E-state index is 6.17. The first-order chi connectivity index (χ1) is 10.3. The summed E-state index contributed by atoms with van der Waals surface area (Å²) < 4.78 is 11.6. The molecule has 0 spiro atoms. The number of hydrogen-bond acceptors (Lipinski definition) is 2. The molecule has 2 aromatic rings. The van der Waals surface area contributed by atoms with E-state index in [-0.39, 0.29) is 0 Å². The van der Waals surface area contributed by atoms with Gasteiger partial charge in [0.1, 0.15) is 5.69 Å². The molecule has 2 aromatic heterocycles. The number of aromatic nitrogens is 1. The molecule has 0 unspecified atom stereocenters. The lowest BCUT2D eigenvalue weighted by Gasteiger charge is -2.10. The number of allylic oxidation sites excluding steroid dienone is 2. The van der Waals surface area contributed by atoms with Crippen molar-refractivity contribution in [2.45, 2.75) is 38.5 Å². The number of aromatic amines is 1. The quantitative estimate of drug-likeness (QED) is 0.793. The van der Waals surface area contributed by atoms with Crippen LogP contribution in [0.5, 0.6) is 5.75 Å². The molecular weight excluding hydrogens is 286 g/mol. The lowest BCUT2D eigenvalue weighted by Crippen LogP contribution is -1.91. The second-order valence-corrected chi connectivity index (χ2v) is 5.80. The van der Waals surface area contributed by atoms with Crippen LogP contribution in [0.4, 0.5) is 0 Å². The van der Waals surface area contributed by atoms with Gasteiger partial charge in [-0.1, -0.05) is 30.5 Å². The predicted molar refractivity (Wildman–Crippen MR) is 85.7 cm³/mol. The van der Waals surface area contributed by atoms with Gasteiger partial charge in [0.25, 0.3) is 0 Å². The van der Waals surface area contributed by atoms with Crippen LogP contribution in [0.3, 0.4) is 0 Å². The highest BCUT2D eigenvalue weighted by Crippen LogP contribution is 2.39. The van der Waals surface area contributed by atoms with E-state index in [2.05, 4.69) is 11.1 Å². The molecule has 0 amide bonds. The van der Waals surface area contributed by atoms with Crippen LogP contribution in [0.15, 0.2) is 28.8 Å². The Balaban J connectivity index is 1.98. The topological polar surface area (TPSA) is 38.2 Å². The first-order valence-corrected chi connectivity index (χ1v) is 7.88. The summed E-state index contributed by atoms with van der Waals surface area (Å²) in [7, 11) is 1.68. The number of nitrogens with one attached hydrogen (secondary N) is 1. The zero-order chi connectivity index (χ0) is 14.7. The van der Waals surface area contributed by atoms with Crippen molar-refractivity contribution < 1.29 is 9.15 Å². The van der Waals surface area contributed by atoms with Crippen molar-refractivity contribution in [2.24, 2.45) is 0 Å². The Kier molecular flexibility index (Phi) is 4.39. The molecule has 0 atom stereocenters. The van der Waals surface area contributed by atoms with Crippen LogP contribution in [0.25, 0.3) is 17.0 Å². The van der Waals surface area contributed by atoms with Crippen LogP contribution in [0.1, 0.15) is 44.3 Å². The number of furan rings is 1. The first kappa shape index (κ1) is 14.3. The third-order valence-electron chi connectivity index (χ3n) is 3.94. The molecule has 0 saturated carbocycles. The summed E-state index contributed by atoms with van der Waals surface area (Å²) in [5.41, 5.74) is 2.05. The van der Waals surface area contributed by atoms with Gasteiger partial charge in [-0.2, -0.15) is 0 Å². The van der Waals surface area contributed by atoms with E-state index in [1.165, 1.54) is 31.3 Å². The molecule has 0 fully saturated rings. The average molecular weight is 306 g/mol. The largest absolute Gasteiger partial charge is 0.493 e. The van der Waals surface area contributed by atoms with E-state index >= 15 is 0 Å². The Bertz CT molecular complexity index is 639. The zero-order valence-electron chi connectivity index (χ0n) is 12.2. The molecule has 0 bridgehead atoms. The molecule has 0 aromatic carbocycles. The highest BCUT2D eigenvalue weighted by molar-refractivity contribution is 6.33. The molecule has 0 aliphatic heterocycles. The van der Waals surface area contributed by atoms with Crippen molar-refractivity contribution in [3.63, 3.8) is 0 Å². The maximum absolute atomic E-state index is 6.17. The maximum Gasteiger partial charge on any atom is 0.172 e. The summed E-state index contributed by atoms with van der Waals surface area (Å²) in [6, 6.07) is 3.73. The molecule has 0 radical (unpaired) electrons. The van der Waals surface area contributed by atoms with Gasteiger partial charge in [0.15, 0.2) is 17.3 Å². The van der Waals surface area contributed by atoms with Crippen molar-refractivity contribution in [3.8, 4) is 17.2 Å². The molecule has 0 saturated heterocycles. The molecule has 4 heteroatoms. The molecule has 3 rings (SSSR count). The normalized spacial score (nSPS) is 18.7. The first-order valence-electron chi connectivity index (χ1n) is 7.50. The van der Waals surface area contributed by atoms with Crippen LogP contribution in [0, 0.1) is 0 Å². The molecule has 2 heterocycles. The molecule has 1 aliphatic rings. The van der Waals surface area contributed by atoms with Gasteiger partial charge in [0.05, 0.1) is 12.1 Å². The molecule has 112 valence electrons. The van der Waals surface area contributed by atoms with Crippen molar-refractivity contribution in [2.75, 3.05) is 7.11 Å². The molecule has 1 aliphatic carbocycles. The van der Waals surface area contributed by atoms with Crippen molar-refractivity contribution in [1.82, 2.24) is 4.98 Å². The number of methoxy groups -OCH3 is 1. The van der Waals surface area contributed by atoms with Gasteiger partial charge >= 0.3 is 0 Å². The third-order valence-corrected chi connectivity index (χ3v) is 4.26. The number of halogens is 1. The van der Waals surface area contributed by atoms with Gasteiger partial charge in [-0.05, 0) is 37.3 Å². The smallest absolute Gasteiger partial charge is 0.172 e. The van der Waals surface area contributed by atoms with Crippen LogP contribution in [-0.4, -0.2) is 12.1 Å². The number of ether oxygens (including phenoxy) is 1. The number of hydrogen-bond donors (Lipinski definition) is 1. The fourth-order valence-corrected chi connectivity index (χ4v) is 3.02. The zero-order valence-corrected chi connectivity index (χ0v) is 13.0. The lowest BCUT2D eigenvalue weighted by atomic mass is 9.98. The van der Waals surface area contributed by atoms with E-state index < -0.39 is 0 Å². The predicted octanol–water partition coefficient (Wildman–Crippen LogP) is 5.67. The van der Waals surface area contributed by atoms with E-state index in [9.17, 15) is 0 Å². The summed E-state index contributed by atoms with van der Waals surface area (Å²) in [4.78, 5) is 3.11. The Morgan fingerprint density at radius 2 is 2.10 bits per heavy atom. The van der Waals surface area contributed by atoms with Gasteiger partial charge in [-0.25, -0.2) is 0 Å². The van der Waals surface area contributed by atoms with Gasteiger partial charge in [0.2, 0.25) is 0 Å². The molecular formula is C17H20ClNO2. The van der Waals surface area contributed by atoms with Crippen molar-refractivity contribution in [1.29, 1.82) is 0 Å². The Morgan fingerprint density at radius 1 is 1.24 bits per heavy atom. The minimum Gasteiger partial charge on any atom is -0.493 e. The minimum absolute atomic E-state index is 0.657. The molecule has 3 nitrogen and oxygen atoms in total. The highest BCUT2D eigenvalue weighted by Gasteiger charge is 2.19. The van der Waals surface area contributed by atoms with Crippen LogP contribution >= 0.6 is 11.6 Å². The lowest BCUT2D eigenvalue weighted by molar-refractivity contribution is 0.402. The summed E-state index contributed by atoms with van der Waals surface area (Å²) in [6.07, 6.45) is 11.3. The molecule has 21 heavy (non-hydrogen) atoms. The third kappa shape index (κ3) is 3.03. The fourth-order valence-electron chi connectivity index (χ4n) is 2.81. The van der Waals surface area contributed by atoms with Gasteiger partial charge in [-0.15, -0.1) is 0 Å². The second kappa shape index (κ2) is 6.44. The fraction of sp³-hybridized carbons (Fsp3) is 0.412. The van der Waals surface area contributed by atoms with E-state index in [1.54, 1.807) is 13.3 Å². The van der Waals surface area contributed by atoms with Crippen molar-refractivity contribution in [3.05, 3.63) is 35.2 Å².